The molecule has 0 amide bonds. The first-order valence-corrected chi connectivity index (χ1v) is 15.2. The normalized spacial score (nSPS) is 19.8. The summed E-state index contributed by atoms with van der Waals surface area (Å²) in [5.41, 5.74) is 5.94. The Morgan fingerprint density at radius 2 is 1.85 bits per heavy atom. The summed E-state index contributed by atoms with van der Waals surface area (Å²) in [6.45, 7) is 13.5. The monoisotopic (exact) mass is 402 g/mol. The maximum atomic E-state index is 13.1. The van der Waals surface area contributed by atoms with Gasteiger partial charge in [0.2, 0.25) is 0 Å². The van der Waals surface area contributed by atoms with Crippen molar-refractivity contribution in [2.75, 3.05) is 0 Å². The molecular formula is C23H34O2SSi. The quantitative estimate of drug-likeness (QED) is 0.368. The van der Waals surface area contributed by atoms with Gasteiger partial charge in [-0.25, -0.2) is 8.42 Å². The van der Waals surface area contributed by atoms with Gasteiger partial charge in [0.25, 0.3) is 0 Å². The minimum Gasteiger partial charge on any atom is -0.223 e. The van der Waals surface area contributed by atoms with Gasteiger partial charge < -0.3 is 0 Å². The van der Waals surface area contributed by atoms with Crippen molar-refractivity contribution < 1.29 is 8.42 Å². The Kier molecular flexibility index (Phi) is 7.46. The lowest BCUT2D eigenvalue weighted by molar-refractivity contribution is 0.581. The van der Waals surface area contributed by atoms with E-state index in [1.54, 1.807) is 24.3 Å². The van der Waals surface area contributed by atoms with Crippen molar-refractivity contribution in [2.45, 2.75) is 75.2 Å². The Labute approximate surface area is 167 Å². The lowest BCUT2D eigenvalue weighted by Gasteiger charge is -2.27. The van der Waals surface area contributed by atoms with Gasteiger partial charge in [0, 0.05) is 0 Å². The van der Waals surface area contributed by atoms with Crippen molar-refractivity contribution in [2.24, 2.45) is 0 Å². The maximum absolute atomic E-state index is 13.1. The first kappa shape index (κ1) is 21.9. The molecule has 1 aliphatic carbocycles. The summed E-state index contributed by atoms with van der Waals surface area (Å²) in [7, 11) is -4.75. The molecule has 1 aromatic rings. The van der Waals surface area contributed by atoms with Crippen molar-refractivity contribution in [3.63, 3.8) is 0 Å². The van der Waals surface area contributed by atoms with Crippen LogP contribution in [-0.2, 0) is 9.84 Å². The Morgan fingerprint density at radius 3 is 2.44 bits per heavy atom. The maximum Gasteiger partial charge on any atom is 0.184 e. The van der Waals surface area contributed by atoms with Crippen LogP contribution in [0.4, 0.5) is 0 Å². The van der Waals surface area contributed by atoms with Gasteiger partial charge in [0.1, 0.15) is 0 Å². The second-order valence-electron chi connectivity index (χ2n) is 8.61. The van der Waals surface area contributed by atoms with Gasteiger partial charge in [0.15, 0.2) is 9.84 Å². The van der Waals surface area contributed by atoms with E-state index in [4.69, 9.17) is 0 Å². The predicted octanol–water partition coefficient (Wildman–Crippen LogP) is 6.49. The highest BCUT2D eigenvalue weighted by Gasteiger charge is 2.31. The molecule has 0 unspecified atom stereocenters. The molecule has 0 bridgehead atoms. The molecule has 0 spiro atoms. The van der Waals surface area contributed by atoms with Gasteiger partial charge in [-0.3, -0.25) is 0 Å². The van der Waals surface area contributed by atoms with Crippen LogP contribution >= 0.6 is 0 Å². The van der Waals surface area contributed by atoms with E-state index in [1.165, 1.54) is 18.4 Å². The number of hydrogen-bond donors (Lipinski definition) is 0. The van der Waals surface area contributed by atoms with Crippen molar-refractivity contribution in [3.05, 3.63) is 65.4 Å². The summed E-state index contributed by atoms with van der Waals surface area (Å²) in [6, 6.07) is 8.84. The molecule has 0 saturated heterocycles. The van der Waals surface area contributed by atoms with Crippen LogP contribution in [0.3, 0.4) is 0 Å². The first-order valence-electron chi connectivity index (χ1n) is 10.1. The third-order valence-corrected chi connectivity index (χ3v) is 8.25. The molecule has 4 heteroatoms. The third kappa shape index (κ3) is 6.05. The van der Waals surface area contributed by atoms with Gasteiger partial charge >= 0.3 is 0 Å². The smallest absolute Gasteiger partial charge is 0.184 e. The van der Waals surface area contributed by atoms with Gasteiger partial charge in [0.05, 0.1) is 18.2 Å². The Bertz CT molecular complexity index is 812. The van der Waals surface area contributed by atoms with Crippen LogP contribution in [0.2, 0.25) is 19.6 Å². The summed E-state index contributed by atoms with van der Waals surface area (Å²) >= 11 is 0. The molecule has 0 N–H and O–H groups in total. The molecular weight excluding hydrogens is 368 g/mol. The average Bonchev–Trinajstić information content (AvgIpc) is 2.61. The van der Waals surface area contributed by atoms with Crippen molar-refractivity contribution in [1.82, 2.24) is 0 Å². The molecule has 1 aromatic carbocycles. The molecule has 27 heavy (non-hydrogen) atoms. The molecule has 2 nitrogen and oxygen atoms in total. The highest BCUT2D eigenvalue weighted by atomic mass is 32.2. The number of allylic oxidation sites excluding steroid dienone is 3. The van der Waals surface area contributed by atoms with Gasteiger partial charge in [-0.2, -0.15) is 0 Å². The van der Waals surface area contributed by atoms with Gasteiger partial charge in [-0.05, 0) is 54.5 Å². The van der Waals surface area contributed by atoms with Crippen molar-refractivity contribution in [3.8, 4) is 0 Å². The number of unbranched alkanes of at least 4 members (excludes halogenated alkanes) is 2. The summed E-state index contributed by atoms with van der Waals surface area (Å²) in [5, 5.41) is -0.461. The molecule has 0 radical (unpaired) electrons. The fourth-order valence-electron chi connectivity index (χ4n) is 3.58. The lowest BCUT2D eigenvalue weighted by atomic mass is 9.88. The van der Waals surface area contributed by atoms with Crippen LogP contribution in [-0.4, -0.2) is 21.7 Å². The van der Waals surface area contributed by atoms with E-state index < -0.39 is 23.2 Å². The third-order valence-electron chi connectivity index (χ3n) is 4.94. The number of benzene rings is 1. The van der Waals surface area contributed by atoms with E-state index in [0.29, 0.717) is 11.3 Å². The zero-order valence-electron chi connectivity index (χ0n) is 17.3. The molecule has 0 heterocycles. The molecule has 148 valence electrons. The minimum atomic E-state index is -3.35. The van der Waals surface area contributed by atoms with Crippen LogP contribution in [0.5, 0.6) is 0 Å². The molecule has 1 aliphatic rings. The Morgan fingerprint density at radius 1 is 1.19 bits per heavy atom. The van der Waals surface area contributed by atoms with Crippen LogP contribution in [0.1, 0.15) is 45.4 Å². The minimum absolute atomic E-state index is 0.417. The molecule has 0 aliphatic heterocycles. The van der Waals surface area contributed by atoms with Gasteiger partial charge in [-0.1, -0.05) is 76.0 Å². The van der Waals surface area contributed by atoms with Crippen LogP contribution in [0, 0.1) is 0 Å². The average molecular weight is 403 g/mol. The zero-order valence-corrected chi connectivity index (χ0v) is 19.1. The zero-order chi connectivity index (χ0) is 20.1. The SMILES string of the molecule is C=C(CCCCC)C1=C[C@H](S(=O)(=O)c2ccccc2)CC/C1=C\[Si](C)(C)C. The Hall–Kier alpha value is -1.39. The molecule has 2 rings (SSSR count). The number of hydrogen-bond acceptors (Lipinski definition) is 2. The second kappa shape index (κ2) is 9.20. The van der Waals surface area contributed by atoms with E-state index in [-0.39, 0.29) is 0 Å². The van der Waals surface area contributed by atoms with E-state index in [2.05, 4.69) is 38.8 Å². The summed E-state index contributed by atoms with van der Waals surface area (Å²) in [6.07, 6.45) is 7.88. The standard InChI is InChI=1S/C23H34O2SSi/c1-6-7-9-12-19(2)23-17-22(16-15-20(23)18-27(3,4)5)26(24,25)21-13-10-8-11-14-21/h8,10-11,13-14,17-18,22H,2,6-7,9,12,15-16H2,1,3-5H3/b20-18+/t22-/m1/s1. The highest BCUT2D eigenvalue weighted by Crippen LogP contribution is 2.36. The highest BCUT2D eigenvalue weighted by molar-refractivity contribution is 7.92. The van der Waals surface area contributed by atoms with Gasteiger partial charge in [-0.15, -0.1) is 0 Å². The lowest BCUT2D eigenvalue weighted by Crippen LogP contribution is -2.25. The topological polar surface area (TPSA) is 34.1 Å². The summed E-state index contributed by atoms with van der Waals surface area (Å²) in [5.74, 6) is 0. The predicted molar refractivity (Wildman–Crippen MR) is 119 cm³/mol. The van der Waals surface area contributed by atoms with Crippen molar-refractivity contribution in [1.29, 1.82) is 0 Å². The Balaban J connectivity index is 2.39. The van der Waals surface area contributed by atoms with E-state index in [0.717, 1.165) is 30.4 Å². The molecule has 0 aromatic heterocycles. The molecule has 0 saturated carbocycles. The van der Waals surface area contributed by atoms with E-state index in [1.807, 2.05) is 12.1 Å². The molecule has 1 atom stereocenters. The van der Waals surface area contributed by atoms with E-state index >= 15 is 0 Å². The van der Waals surface area contributed by atoms with Crippen LogP contribution in [0.25, 0.3) is 0 Å². The van der Waals surface area contributed by atoms with Crippen LogP contribution < -0.4 is 0 Å². The first-order chi connectivity index (χ1) is 12.6. The molecule has 0 fully saturated rings. The largest absolute Gasteiger partial charge is 0.223 e. The summed E-state index contributed by atoms with van der Waals surface area (Å²) < 4.78 is 26.2. The summed E-state index contributed by atoms with van der Waals surface area (Å²) in [4.78, 5) is 0.417. The fraction of sp³-hybridized carbons (Fsp3) is 0.478. The van der Waals surface area contributed by atoms with Crippen LogP contribution in [0.15, 0.2) is 70.3 Å². The fourth-order valence-corrected chi connectivity index (χ4v) is 6.55. The van der Waals surface area contributed by atoms with Crippen molar-refractivity contribution >= 4 is 17.9 Å². The second-order valence-corrected chi connectivity index (χ2v) is 15.8. The number of rotatable bonds is 8. The van der Waals surface area contributed by atoms with E-state index in [9.17, 15) is 8.42 Å². The number of sulfone groups is 1.